The summed E-state index contributed by atoms with van der Waals surface area (Å²) in [6.45, 7) is 7.08. The van der Waals surface area contributed by atoms with Crippen LogP contribution < -0.4 is 11.1 Å². The standard InChI is InChI=1S/C12H24N2O3.C2HF3O/c1-11(2,3)9(13)10(15)14-8-12(16)4-6-17-7-5-12;3-2(4,5)1-6/h9,16H,4-8,13H2,1-3H3,(H,14,15);1H/t9-;/m1./s1. The van der Waals surface area contributed by atoms with Gasteiger partial charge in [0, 0.05) is 32.6 Å². The van der Waals surface area contributed by atoms with Gasteiger partial charge in [0.15, 0.2) is 0 Å². The van der Waals surface area contributed by atoms with E-state index in [0.29, 0.717) is 26.1 Å². The molecule has 0 unspecified atom stereocenters. The van der Waals surface area contributed by atoms with E-state index in [1.807, 2.05) is 20.8 Å². The fourth-order valence-electron chi connectivity index (χ4n) is 1.68. The highest BCUT2D eigenvalue weighted by molar-refractivity contribution is 5.82. The minimum Gasteiger partial charge on any atom is -0.388 e. The molecule has 0 aromatic carbocycles. The maximum absolute atomic E-state index is 11.8. The Bertz CT molecular complexity index is 388. The van der Waals surface area contributed by atoms with Crippen molar-refractivity contribution in [2.45, 2.75) is 51.4 Å². The largest absolute Gasteiger partial charge is 0.446 e. The van der Waals surface area contributed by atoms with E-state index in [1.165, 1.54) is 0 Å². The number of carbonyl (C=O) groups is 2. The number of nitrogens with one attached hydrogen (secondary N) is 1. The van der Waals surface area contributed by atoms with E-state index in [9.17, 15) is 23.1 Å². The second-order valence-corrected chi connectivity index (χ2v) is 6.56. The Labute approximate surface area is 133 Å². The van der Waals surface area contributed by atoms with Gasteiger partial charge in [-0.05, 0) is 5.41 Å². The van der Waals surface area contributed by atoms with E-state index in [4.69, 9.17) is 15.3 Å². The van der Waals surface area contributed by atoms with Crippen molar-refractivity contribution in [3.63, 3.8) is 0 Å². The highest BCUT2D eigenvalue weighted by atomic mass is 19.4. The van der Waals surface area contributed by atoms with Gasteiger partial charge in [0.1, 0.15) is 0 Å². The Hall–Kier alpha value is -1.19. The van der Waals surface area contributed by atoms with Crippen LogP contribution in [0.4, 0.5) is 13.2 Å². The molecule has 1 atom stereocenters. The fourth-order valence-corrected chi connectivity index (χ4v) is 1.68. The van der Waals surface area contributed by atoms with E-state index in [1.54, 1.807) is 0 Å². The zero-order chi connectivity index (χ0) is 18.3. The number of halogens is 3. The molecule has 0 radical (unpaired) electrons. The summed E-state index contributed by atoms with van der Waals surface area (Å²) >= 11 is 0. The van der Waals surface area contributed by atoms with Crippen LogP contribution in [0, 0.1) is 5.41 Å². The molecule has 6 nitrogen and oxygen atoms in total. The average Bonchev–Trinajstić information content (AvgIpc) is 2.44. The Kier molecular flexibility index (Phi) is 8.16. The van der Waals surface area contributed by atoms with E-state index >= 15 is 0 Å². The number of aliphatic hydroxyl groups is 1. The van der Waals surface area contributed by atoms with Crippen LogP contribution in [0.1, 0.15) is 33.6 Å². The summed E-state index contributed by atoms with van der Waals surface area (Å²) in [5.41, 5.74) is 4.72. The van der Waals surface area contributed by atoms with Crippen LogP contribution in [0.3, 0.4) is 0 Å². The highest BCUT2D eigenvalue weighted by Crippen LogP contribution is 2.20. The Balaban J connectivity index is 0.000000688. The van der Waals surface area contributed by atoms with Crippen molar-refractivity contribution < 1.29 is 32.6 Å². The monoisotopic (exact) mass is 342 g/mol. The van der Waals surface area contributed by atoms with Gasteiger partial charge >= 0.3 is 6.18 Å². The molecule has 1 saturated heterocycles. The van der Waals surface area contributed by atoms with Gasteiger partial charge in [-0.3, -0.25) is 9.59 Å². The van der Waals surface area contributed by atoms with Crippen LogP contribution in [-0.2, 0) is 14.3 Å². The van der Waals surface area contributed by atoms with Crippen LogP contribution in [-0.4, -0.2) is 54.9 Å². The van der Waals surface area contributed by atoms with Crippen LogP contribution in [0.25, 0.3) is 0 Å². The van der Waals surface area contributed by atoms with Crippen LogP contribution in [0.15, 0.2) is 0 Å². The summed E-state index contributed by atoms with van der Waals surface area (Å²) in [7, 11) is 0. The summed E-state index contributed by atoms with van der Waals surface area (Å²) in [6.07, 6.45) is -4.59. The number of amides is 1. The number of rotatable bonds is 3. The average molecular weight is 342 g/mol. The Morgan fingerprint density at radius 3 is 2.13 bits per heavy atom. The molecule has 23 heavy (non-hydrogen) atoms. The summed E-state index contributed by atoms with van der Waals surface area (Å²) in [5, 5.41) is 12.9. The lowest BCUT2D eigenvalue weighted by molar-refractivity contribution is -0.156. The van der Waals surface area contributed by atoms with Crippen molar-refractivity contribution in [1.82, 2.24) is 5.32 Å². The molecule has 0 saturated carbocycles. The van der Waals surface area contributed by atoms with Gasteiger partial charge in [0.25, 0.3) is 0 Å². The maximum atomic E-state index is 11.8. The van der Waals surface area contributed by atoms with Crippen LogP contribution in [0.2, 0.25) is 0 Å². The third-order valence-corrected chi connectivity index (χ3v) is 3.36. The molecular formula is C14H25F3N2O4. The van der Waals surface area contributed by atoms with E-state index < -0.39 is 24.1 Å². The number of nitrogens with two attached hydrogens (primary N) is 1. The minimum atomic E-state index is -4.64. The summed E-state index contributed by atoms with van der Waals surface area (Å²) < 4.78 is 36.4. The third-order valence-electron chi connectivity index (χ3n) is 3.36. The van der Waals surface area contributed by atoms with Crippen molar-refractivity contribution >= 4 is 12.2 Å². The van der Waals surface area contributed by atoms with E-state index in [2.05, 4.69) is 5.32 Å². The van der Waals surface area contributed by atoms with E-state index in [-0.39, 0.29) is 17.9 Å². The molecule has 0 spiro atoms. The van der Waals surface area contributed by atoms with Gasteiger partial charge in [-0.1, -0.05) is 20.8 Å². The quantitative estimate of drug-likeness (QED) is 0.658. The molecule has 9 heteroatoms. The SMILES string of the molecule is CC(C)(C)[C@H](N)C(=O)NCC1(O)CCOCC1.O=CC(F)(F)F. The minimum absolute atomic E-state index is 0.211. The molecule has 1 rings (SSSR count). The molecule has 1 amide bonds. The maximum Gasteiger partial charge on any atom is 0.446 e. The lowest BCUT2D eigenvalue weighted by atomic mass is 9.86. The van der Waals surface area contributed by atoms with E-state index in [0.717, 1.165) is 0 Å². The van der Waals surface area contributed by atoms with Gasteiger partial charge < -0.3 is 20.9 Å². The second kappa shape index (κ2) is 8.60. The number of alkyl halides is 3. The molecule has 136 valence electrons. The predicted octanol–water partition coefficient (Wildman–Crippen LogP) is 0.765. The van der Waals surface area contributed by atoms with Crippen molar-refractivity contribution in [2.24, 2.45) is 11.1 Å². The molecule has 0 bridgehead atoms. The Morgan fingerprint density at radius 2 is 1.78 bits per heavy atom. The first-order valence-electron chi connectivity index (χ1n) is 7.17. The lowest BCUT2D eigenvalue weighted by Gasteiger charge is -2.33. The third kappa shape index (κ3) is 9.52. The molecule has 1 aliphatic heterocycles. The van der Waals surface area contributed by atoms with Gasteiger partial charge in [-0.2, -0.15) is 13.2 Å². The van der Waals surface area contributed by atoms with Gasteiger partial charge in [0.2, 0.25) is 12.2 Å². The molecule has 1 aliphatic rings. The summed E-state index contributed by atoms with van der Waals surface area (Å²) in [4.78, 5) is 20.5. The summed E-state index contributed by atoms with van der Waals surface area (Å²) in [5.74, 6) is -0.211. The van der Waals surface area contributed by atoms with Gasteiger partial charge in [-0.15, -0.1) is 0 Å². The number of hydrogen-bond acceptors (Lipinski definition) is 5. The van der Waals surface area contributed by atoms with Gasteiger partial charge in [-0.25, -0.2) is 0 Å². The van der Waals surface area contributed by atoms with Crippen molar-refractivity contribution in [3.8, 4) is 0 Å². The number of aldehydes is 1. The van der Waals surface area contributed by atoms with Crippen molar-refractivity contribution in [1.29, 1.82) is 0 Å². The van der Waals surface area contributed by atoms with Gasteiger partial charge in [0.05, 0.1) is 11.6 Å². The zero-order valence-electron chi connectivity index (χ0n) is 13.6. The molecule has 0 aromatic heterocycles. The number of hydrogen-bond donors (Lipinski definition) is 3. The topological polar surface area (TPSA) is 102 Å². The van der Waals surface area contributed by atoms with Crippen molar-refractivity contribution in [2.75, 3.05) is 19.8 Å². The predicted molar refractivity (Wildman–Crippen MR) is 77.6 cm³/mol. The highest BCUT2D eigenvalue weighted by Gasteiger charge is 2.33. The van der Waals surface area contributed by atoms with Crippen LogP contribution in [0.5, 0.6) is 0 Å². The molecule has 4 N–H and O–H groups in total. The number of ether oxygens (including phenoxy) is 1. The number of carbonyl (C=O) groups excluding carboxylic acids is 2. The first kappa shape index (κ1) is 21.8. The van der Waals surface area contributed by atoms with Crippen LogP contribution >= 0.6 is 0 Å². The molecule has 1 fully saturated rings. The normalized spacial score (nSPS) is 19.1. The first-order valence-corrected chi connectivity index (χ1v) is 7.17. The molecule has 1 heterocycles. The lowest BCUT2D eigenvalue weighted by Crippen LogP contribution is -2.53. The molecular weight excluding hydrogens is 317 g/mol. The summed E-state index contributed by atoms with van der Waals surface area (Å²) in [6, 6.07) is -0.564. The zero-order valence-corrected chi connectivity index (χ0v) is 13.6. The first-order chi connectivity index (χ1) is 10.3. The molecule has 0 aliphatic carbocycles. The van der Waals surface area contributed by atoms with Crippen molar-refractivity contribution in [3.05, 3.63) is 0 Å². The molecule has 0 aromatic rings. The second-order valence-electron chi connectivity index (χ2n) is 6.56. The smallest absolute Gasteiger partial charge is 0.388 e. The fraction of sp³-hybridized carbons (Fsp3) is 0.857. The Morgan fingerprint density at radius 1 is 1.35 bits per heavy atom.